The maximum atomic E-state index is 13.2. The van der Waals surface area contributed by atoms with Gasteiger partial charge in [-0.25, -0.2) is 4.39 Å². The Bertz CT molecular complexity index is 645. The molecular weight excluding hydrogens is 321 g/mol. The lowest BCUT2D eigenvalue weighted by atomic mass is 9.58. The number of hydrogen-bond donors (Lipinski definition) is 1. The standard InChI is InChI=1S/C20H26FNO3/c1-2-25-17-13-16(23)20(17)9-11-22(12-10-20)18(24)19(7-8-19)14-3-5-15(21)6-4-14/h3-6,16-17,23H,2,7-13H2,1H3/t16-,17-/m0/s1. The van der Waals surface area contributed by atoms with E-state index in [-0.39, 0.29) is 29.3 Å². The van der Waals surface area contributed by atoms with Crippen LogP contribution in [-0.2, 0) is 14.9 Å². The highest BCUT2D eigenvalue weighted by Crippen LogP contribution is 2.53. The first-order valence-corrected chi connectivity index (χ1v) is 9.37. The van der Waals surface area contributed by atoms with Gasteiger partial charge in [-0.1, -0.05) is 12.1 Å². The first-order valence-electron chi connectivity index (χ1n) is 9.37. The van der Waals surface area contributed by atoms with Gasteiger partial charge in [-0.05, 0) is 50.3 Å². The Kier molecular flexibility index (Phi) is 4.12. The third-order valence-corrected chi connectivity index (χ3v) is 6.65. The lowest BCUT2D eigenvalue weighted by molar-refractivity contribution is -0.210. The van der Waals surface area contributed by atoms with Crippen LogP contribution in [0.5, 0.6) is 0 Å². The van der Waals surface area contributed by atoms with Crippen LogP contribution in [0.15, 0.2) is 24.3 Å². The Morgan fingerprint density at radius 3 is 2.40 bits per heavy atom. The van der Waals surface area contributed by atoms with Crippen LogP contribution in [0.2, 0.25) is 0 Å². The summed E-state index contributed by atoms with van der Waals surface area (Å²) in [7, 11) is 0. The number of aliphatic hydroxyl groups is 1. The molecule has 2 aliphatic carbocycles. The number of rotatable bonds is 4. The molecule has 0 radical (unpaired) electrons. The number of aliphatic hydroxyl groups excluding tert-OH is 1. The van der Waals surface area contributed by atoms with Crippen molar-refractivity contribution in [2.24, 2.45) is 5.41 Å². The fourth-order valence-corrected chi connectivity index (χ4v) is 4.77. The summed E-state index contributed by atoms with van der Waals surface area (Å²) < 4.78 is 19.0. The van der Waals surface area contributed by atoms with Crippen LogP contribution in [0.25, 0.3) is 0 Å². The molecule has 1 aromatic carbocycles. The number of piperidine rings is 1. The SMILES string of the molecule is CCO[C@H]1C[C@H](O)C12CCN(C(=O)C1(c3ccc(F)cc3)CC1)CC2. The highest BCUT2D eigenvalue weighted by molar-refractivity contribution is 5.91. The van der Waals surface area contributed by atoms with Gasteiger partial charge in [0.05, 0.1) is 17.6 Å². The van der Waals surface area contributed by atoms with Crippen molar-refractivity contribution in [3.05, 3.63) is 35.6 Å². The molecule has 1 heterocycles. The molecule has 2 saturated carbocycles. The zero-order valence-corrected chi connectivity index (χ0v) is 14.7. The van der Waals surface area contributed by atoms with E-state index in [0.29, 0.717) is 26.1 Å². The van der Waals surface area contributed by atoms with E-state index in [4.69, 9.17) is 4.74 Å². The molecular formula is C20H26FNO3. The molecule has 1 saturated heterocycles. The summed E-state index contributed by atoms with van der Waals surface area (Å²) in [5.41, 5.74) is 0.310. The van der Waals surface area contributed by atoms with Gasteiger partial charge in [0, 0.05) is 31.5 Å². The second-order valence-electron chi connectivity index (χ2n) is 7.81. The van der Waals surface area contributed by atoms with Crippen molar-refractivity contribution in [1.29, 1.82) is 0 Å². The molecule has 4 nitrogen and oxygen atoms in total. The van der Waals surface area contributed by atoms with Crippen LogP contribution in [0.3, 0.4) is 0 Å². The number of halogens is 1. The van der Waals surface area contributed by atoms with Crippen LogP contribution < -0.4 is 0 Å². The number of nitrogens with zero attached hydrogens (tertiary/aromatic N) is 1. The van der Waals surface area contributed by atoms with Gasteiger partial charge in [0.25, 0.3) is 0 Å². The summed E-state index contributed by atoms with van der Waals surface area (Å²) in [6, 6.07) is 6.36. The lowest BCUT2D eigenvalue weighted by Crippen LogP contribution is -2.63. The summed E-state index contributed by atoms with van der Waals surface area (Å²) in [6.07, 6.45) is 3.78. The van der Waals surface area contributed by atoms with Crippen LogP contribution >= 0.6 is 0 Å². The molecule has 0 unspecified atom stereocenters. The normalized spacial score (nSPS) is 29.3. The smallest absolute Gasteiger partial charge is 0.233 e. The number of amides is 1. The average Bonchev–Trinajstić information content (AvgIpc) is 3.43. The summed E-state index contributed by atoms with van der Waals surface area (Å²) in [4.78, 5) is 15.1. The molecule has 1 aromatic rings. The van der Waals surface area contributed by atoms with Gasteiger partial charge < -0.3 is 14.7 Å². The largest absolute Gasteiger partial charge is 0.392 e. The van der Waals surface area contributed by atoms with Gasteiger partial charge >= 0.3 is 0 Å². The van der Waals surface area contributed by atoms with Crippen LogP contribution in [0.4, 0.5) is 4.39 Å². The van der Waals surface area contributed by atoms with E-state index >= 15 is 0 Å². The fourth-order valence-electron chi connectivity index (χ4n) is 4.77. The van der Waals surface area contributed by atoms with Gasteiger partial charge in [-0.15, -0.1) is 0 Å². The van der Waals surface area contributed by atoms with Crippen LogP contribution in [-0.4, -0.2) is 47.8 Å². The lowest BCUT2D eigenvalue weighted by Gasteiger charge is -2.56. The number of carbonyl (C=O) groups excluding carboxylic acids is 1. The predicted molar refractivity (Wildman–Crippen MR) is 91.6 cm³/mol. The van der Waals surface area contributed by atoms with Gasteiger partial charge in [-0.2, -0.15) is 0 Å². The van der Waals surface area contributed by atoms with E-state index < -0.39 is 5.41 Å². The molecule has 3 aliphatic rings. The molecule has 136 valence electrons. The Morgan fingerprint density at radius 1 is 1.24 bits per heavy atom. The number of ether oxygens (including phenoxy) is 1. The second kappa shape index (κ2) is 6.06. The van der Waals surface area contributed by atoms with E-state index in [1.807, 2.05) is 11.8 Å². The summed E-state index contributed by atoms with van der Waals surface area (Å²) in [5.74, 6) is -0.108. The topological polar surface area (TPSA) is 49.8 Å². The minimum absolute atomic E-state index is 0.122. The first-order chi connectivity index (χ1) is 12.0. The van der Waals surface area contributed by atoms with E-state index in [1.54, 1.807) is 12.1 Å². The molecule has 1 spiro atoms. The van der Waals surface area contributed by atoms with Gasteiger partial charge in [0.15, 0.2) is 0 Å². The highest BCUT2D eigenvalue weighted by atomic mass is 19.1. The Labute approximate surface area is 148 Å². The molecule has 0 bridgehead atoms. The van der Waals surface area contributed by atoms with E-state index in [0.717, 1.165) is 31.2 Å². The average molecular weight is 347 g/mol. The number of likely N-dealkylation sites (tertiary alicyclic amines) is 1. The maximum absolute atomic E-state index is 13.2. The van der Waals surface area contributed by atoms with Crippen LogP contribution in [0.1, 0.15) is 44.6 Å². The third kappa shape index (κ3) is 2.59. The van der Waals surface area contributed by atoms with Crippen LogP contribution in [0, 0.1) is 11.2 Å². The molecule has 2 atom stereocenters. The summed E-state index contributed by atoms with van der Waals surface area (Å²) >= 11 is 0. The second-order valence-corrected chi connectivity index (χ2v) is 7.81. The van der Waals surface area contributed by atoms with Crippen molar-refractivity contribution < 1.29 is 19.0 Å². The molecule has 1 amide bonds. The minimum Gasteiger partial charge on any atom is -0.392 e. The van der Waals surface area contributed by atoms with Gasteiger partial charge in [0.1, 0.15) is 5.82 Å². The maximum Gasteiger partial charge on any atom is 0.233 e. The number of benzene rings is 1. The Balaban J connectivity index is 1.44. The Hall–Kier alpha value is -1.46. The van der Waals surface area contributed by atoms with Crippen molar-refractivity contribution in [2.75, 3.05) is 19.7 Å². The van der Waals surface area contributed by atoms with Crippen molar-refractivity contribution in [2.45, 2.75) is 56.7 Å². The molecule has 1 N–H and O–H groups in total. The monoisotopic (exact) mass is 347 g/mol. The molecule has 5 heteroatoms. The first kappa shape index (κ1) is 17.0. The fraction of sp³-hybridized carbons (Fsp3) is 0.650. The van der Waals surface area contributed by atoms with E-state index in [9.17, 15) is 14.3 Å². The van der Waals surface area contributed by atoms with Gasteiger partial charge in [-0.3, -0.25) is 4.79 Å². The number of hydrogen-bond acceptors (Lipinski definition) is 3. The van der Waals surface area contributed by atoms with E-state index in [2.05, 4.69) is 0 Å². The highest BCUT2D eigenvalue weighted by Gasteiger charge is 2.58. The molecule has 3 fully saturated rings. The Morgan fingerprint density at radius 2 is 1.88 bits per heavy atom. The number of carbonyl (C=O) groups is 1. The molecule has 25 heavy (non-hydrogen) atoms. The molecule has 0 aromatic heterocycles. The van der Waals surface area contributed by atoms with Crippen molar-refractivity contribution >= 4 is 5.91 Å². The predicted octanol–water partition coefficient (Wildman–Crippen LogP) is 2.64. The summed E-state index contributed by atoms with van der Waals surface area (Å²) in [6.45, 7) is 3.98. The summed E-state index contributed by atoms with van der Waals surface area (Å²) in [5, 5.41) is 10.3. The third-order valence-electron chi connectivity index (χ3n) is 6.65. The zero-order chi connectivity index (χ0) is 17.7. The molecule has 4 rings (SSSR count). The van der Waals surface area contributed by atoms with Crippen molar-refractivity contribution in [3.63, 3.8) is 0 Å². The van der Waals surface area contributed by atoms with E-state index in [1.165, 1.54) is 12.1 Å². The van der Waals surface area contributed by atoms with Gasteiger partial charge in [0.2, 0.25) is 5.91 Å². The quantitative estimate of drug-likeness (QED) is 0.911. The van der Waals surface area contributed by atoms with Crippen molar-refractivity contribution in [1.82, 2.24) is 4.90 Å². The minimum atomic E-state index is -0.449. The zero-order valence-electron chi connectivity index (χ0n) is 14.7. The van der Waals surface area contributed by atoms with Crippen molar-refractivity contribution in [3.8, 4) is 0 Å². The molecule has 1 aliphatic heterocycles.